The fraction of sp³-hybridized carbons (Fsp3) is 0.231. The molecule has 0 atom stereocenters. The molecule has 0 aliphatic carbocycles. The van der Waals surface area contributed by atoms with E-state index in [2.05, 4.69) is 26.2 Å². The minimum atomic E-state index is 1.44. The monoisotopic (exact) mass is 294 g/mol. The molecular formula is C13H10S4. The Morgan fingerprint density at radius 1 is 0.706 bits per heavy atom. The fourth-order valence-electron chi connectivity index (χ4n) is 2.19. The molecule has 86 valence electrons. The molecule has 4 heterocycles. The smallest absolute Gasteiger partial charge is 0.0650 e. The quantitative estimate of drug-likeness (QED) is 0.356. The maximum Gasteiger partial charge on any atom is 0.0650 e. The second-order valence-corrected chi connectivity index (χ2v) is 8.53. The van der Waals surface area contributed by atoms with Crippen molar-refractivity contribution in [1.82, 2.24) is 0 Å². The topological polar surface area (TPSA) is 0 Å². The van der Waals surface area contributed by atoms with E-state index < -0.39 is 0 Å². The van der Waals surface area contributed by atoms with Crippen LogP contribution in [0.2, 0.25) is 0 Å². The average molecular weight is 294 g/mol. The lowest BCUT2D eigenvalue weighted by molar-refractivity contribution is 1.48. The molecule has 0 aliphatic rings. The lowest BCUT2D eigenvalue weighted by Crippen LogP contribution is -1.64. The third kappa shape index (κ3) is 1.22. The van der Waals surface area contributed by atoms with Gasteiger partial charge >= 0.3 is 0 Å². The molecule has 17 heavy (non-hydrogen) atoms. The van der Waals surface area contributed by atoms with E-state index in [0.717, 1.165) is 0 Å². The third-order valence-electron chi connectivity index (χ3n) is 3.27. The predicted molar refractivity (Wildman–Crippen MR) is 84.7 cm³/mol. The maximum atomic E-state index is 2.28. The van der Waals surface area contributed by atoms with Gasteiger partial charge in [-0.05, 0) is 37.3 Å². The first-order valence-electron chi connectivity index (χ1n) is 5.45. The van der Waals surface area contributed by atoms with Crippen molar-refractivity contribution in [3.05, 3.63) is 21.4 Å². The highest BCUT2D eigenvalue weighted by Crippen LogP contribution is 2.50. The van der Waals surface area contributed by atoms with Crippen LogP contribution in [0, 0.1) is 20.8 Å². The Labute approximate surface area is 115 Å². The van der Waals surface area contributed by atoms with Gasteiger partial charge in [-0.3, -0.25) is 0 Å². The van der Waals surface area contributed by atoms with Crippen molar-refractivity contribution in [3.8, 4) is 0 Å². The molecule has 0 fully saturated rings. The summed E-state index contributed by atoms with van der Waals surface area (Å²) in [5.74, 6) is 0. The van der Waals surface area contributed by atoms with E-state index in [0.29, 0.717) is 0 Å². The molecule has 4 aromatic rings. The second kappa shape index (κ2) is 3.32. The molecule has 0 nitrogen and oxygen atoms in total. The van der Waals surface area contributed by atoms with Crippen LogP contribution in [0.4, 0.5) is 0 Å². The fourth-order valence-corrected chi connectivity index (χ4v) is 7.87. The van der Waals surface area contributed by atoms with Crippen molar-refractivity contribution in [3.63, 3.8) is 0 Å². The van der Waals surface area contributed by atoms with Crippen LogP contribution in [0.3, 0.4) is 0 Å². The van der Waals surface area contributed by atoms with Crippen molar-refractivity contribution in [2.24, 2.45) is 0 Å². The van der Waals surface area contributed by atoms with Crippen LogP contribution in [0.25, 0.3) is 28.2 Å². The van der Waals surface area contributed by atoms with Crippen molar-refractivity contribution >= 4 is 73.5 Å². The highest BCUT2D eigenvalue weighted by molar-refractivity contribution is 7.44. The maximum absolute atomic E-state index is 2.28. The van der Waals surface area contributed by atoms with E-state index in [1.54, 1.807) is 0 Å². The van der Waals surface area contributed by atoms with Crippen LogP contribution in [-0.2, 0) is 0 Å². The zero-order valence-electron chi connectivity index (χ0n) is 9.71. The number of fused-ring (bicyclic) bond motifs is 5. The first-order chi connectivity index (χ1) is 8.16. The summed E-state index contributed by atoms with van der Waals surface area (Å²) in [6.07, 6.45) is 0. The van der Waals surface area contributed by atoms with Gasteiger partial charge in [0.2, 0.25) is 0 Å². The summed E-state index contributed by atoms with van der Waals surface area (Å²) in [7, 11) is 0. The van der Waals surface area contributed by atoms with Gasteiger partial charge < -0.3 is 0 Å². The summed E-state index contributed by atoms with van der Waals surface area (Å²) >= 11 is 7.84. The molecule has 0 radical (unpaired) electrons. The summed E-state index contributed by atoms with van der Waals surface area (Å²) in [6, 6.07) is 0. The van der Waals surface area contributed by atoms with Crippen LogP contribution in [0.1, 0.15) is 16.0 Å². The Morgan fingerprint density at radius 2 is 1.35 bits per heavy atom. The zero-order valence-corrected chi connectivity index (χ0v) is 13.0. The molecule has 0 N–H and O–H groups in total. The molecule has 4 aromatic heterocycles. The Kier molecular flexibility index (Phi) is 2.05. The first kappa shape index (κ1) is 10.5. The van der Waals surface area contributed by atoms with Gasteiger partial charge in [0, 0.05) is 4.88 Å². The minimum Gasteiger partial charge on any atom is -0.141 e. The molecule has 0 bridgehead atoms. The van der Waals surface area contributed by atoms with Crippen molar-refractivity contribution in [1.29, 1.82) is 0 Å². The van der Waals surface area contributed by atoms with E-state index in [1.807, 2.05) is 45.3 Å². The van der Waals surface area contributed by atoms with Crippen LogP contribution in [0.5, 0.6) is 0 Å². The van der Waals surface area contributed by atoms with Crippen LogP contribution in [0.15, 0.2) is 5.38 Å². The molecule has 4 heteroatoms. The molecule has 0 aromatic carbocycles. The molecule has 0 saturated heterocycles. The van der Waals surface area contributed by atoms with E-state index in [-0.39, 0.29) is 0 Å². The molecule has 0 spiro atoms. The second-order valence-electron chi connectivity index (χ2n) is 4.38. The van der Waals surface area contributed by atoms with Gasteiger partial charge in [0.25, 0.3) is 0 Å². The van der Waals surface area contributed by atoms with Crippen molar-refractivity contribution in [2.75, 3.05) is 0 Å². The largest absolute Gasteiger partial charge is 0.141 e. The number of rotatable bonds is 0. The molecule has 0 unspecified atom stereocenters. The number of hydrogen-bond donors (Lipinski definition) is 0. The highest BCUT2D eigenvalue weighted by atomic mass is 32.1. The molecule has 0 saturated carbocycles. The predicted octanol–water partition coefficient (Wildman–Crippen LogP) is 6.32. The zero-order chi connectivity index (χ0) is 11.7. The lowest BCUT2D eigenvalue weighted by atomic mass is 10.3. The Balaban J connectivity index is 2.30. The van der Waals surface area contributed by atoms with E-state index in [9.17, 15) is 0 Å². The number of hydrogen-bond acceptors (Lipinski definition) is 4. The van der Waals surface area contributed by atoms with Crippen molar-refractivity contribution < 1.29 is 0 Å². The summed E-state index contributed by atoms with van der Waals surface area (Å²) in [5, 5.41) is 2.28. The van der Waals surface area contributed by atoms with Crippen LogP contribution >= 0.6 is 45.3 Å². The van der Waals surface area contributed by atoms with Crippen LogP contribution < -0.4 is 0 Å². The Bertz CT molecular complexity index is 866. The summed E-state index contributed by atoms with van der Waals surface area (Å²) < 4.78 is 9.09. The third-order valence-corrected chi connectivity index (χ3v) is 8.93. The average Bonchev–Trinajstić information content (AvgIpc) is 2.96. The van der Waals surface area contributed by atoms with Crippen molar-refractivity contribution in [2.45, 2.75) is 20.8 Å². The number of aryl methyl sites for hydroxylation is 3. The minimum absolute atomic E-state index is 1.44. The van der Waals surface area contributed by atoms with Gasteiger partial charge in [0.15, 0.2) is 0 Å². The first-order valence-corrected chi connectivity index (χ1v) is 8.78. The SMILES string of the molecule is Cc1sc2c(sc3c4scc(C)c4sc23)c1C. The molecule has 4 rings (SSSR count). The van der Waals surface area contributed by atoms with Gasteiger partial charge in [-0.25, -0.2) is 0 Å². The lowest BCUT2D eigenvalue weighted by Gasteiger charge is -1.85. The number of thiophene rings is 4. The highest BCUT2D eigenvalue weighted by Gasteiger charge is 2.18. The van der Waals surface area contributed by atoms with Gasteiger partial charge in [-0.2, -0.15) is 0 Å². The summed E-state index contributed by atoms with van der Waals surface area (Å²) in [5.41, 5.74) is 2.93. The van der Waals surface area contributed by atoms with E-state index in [4.69, 9.17) is 0 Å². The van der Waals surface area contributed by atoms with E-state index in [1.165, 1.54) is 44.2 Å². The Hall–Kier alpha value is -0.420. The standard InChI is InChI=1S/C13H10S4/c1-5-4-14-10-8(5)16-13-11-9(17-12(10)13)6(2)7(3)15-11/h4H,1-3H3. The van der Waals surface area contributed by atoms with Gasteiger partial charge in [-0.15, -0.1) is 45.3 Å². The van der Waals surface area contributed by atoms with Gasteiger partial charge in [0.1, 0.15) is 0 Å². The normalized spacial score (nSPS) is 12.4. The molecule has 0 aliphatic heterocycles. The summed E-state index contributed by atoms with van der Waals surface area (Å²) in [4.78, 5) is 1.47. The molecule has 0 amide bonds. The van der Waals surface area contributed by atoms with Crippen LogP contribution in [-0.4, -0.2) is 0 Å². The molecular weight excluding hydrogens is 284 g/mol. The van der Waals surface area contributed by atoms with Gasteiger partial charge in [0.05, 0.1) is 28.2 Å². The Morgan fingerprint density at radius 3 is 2.18 bits per heavy atom. The van der Waals surface area contributed by atoms with Gasteiger partial charge in [-0.1, -0.05) is 0 Å². The van der Waals surface area contributed by atoms with E-state index >= 15 is 0 Å². The summed E-state index contributed by atoms with van der Waals surface area (Å²) in [6.45, 7) is 6.71.